The highest BCUT2D eigenvalue weighted by atomic mass is 16.5. The number of ether oxygens (including phenoxy) is 4. The molecule has 0 atom stereocenters. The molecular formula is C34H38N6O6. The van der Waals surface area contributed by atoms with Crippen molar-refractivity contribution >= 4 is 11.9 Å². The van der Waals surface area contributed by atoms with Crippen LogP contribution < -0.4 is 0 Å². The van der Waals surface area contributed by atoms with Gasteiger partial charge in [0.25, 0.3) is 0 Å². The molecule has 5 rings (SSSR count). The molecule has 0 N–H and O–H groups in total. The van der Waals surface area contributed by atoms with Crippen LogP contribution in [0.2, 0.25) is 0 Å². The zero-order valence-electron chi connectivity index (χ0n) is 26.1. The Hall–Kier alpha value is -4.62. The van der Waals surface area contributed by atoms with Crippen LogP contribution in [-0.2, 0) is 58.3 Å². The molecule has 0 aliphatic carbocycles. The van der Waals surface area contributed by atoms with E-state index in [4.69, 9.17) is 28.9 Å². The van der Waals surface area contributed by atoms with Crippen molar-refractivity contribution in [3.63, 3.8) is 0 Å². The third-order valence-corrected chi connectivity index (χ3v) is 7.28. The predicted octanol–water partition coefficient (Wildman–Crippen LogP) is 3.59. The first-order chi connectivity index (χ1) is 22.5. The molecule has 0 unspecified atom stereocenters. The van der Waals surface area contributed by atoms with E-state index in [0.717, 1.165) is 34.2 Å². The normalized spacial score (nSPS) is 15.3. The van der Waals surface area contributed by atoms with Gasteiger partial charge in [-0.15, -0.1) is 0 Å². The number of esters is 2. The van der Waals surface area contributed by atoms with E-state index in [2.05, 4.69) is 19.8 Å². The number of hydrogen-bond donors (Lipinski definition) is 0. The fourth-order valence-corrected chi connectivity index (χ4v) is 5.05. The number of aromatic nitrogens is 4. The van der Waals surface area contributed by atoms with Crippen molar-refractivity contribution in [1.29, 1.82) is 0 Å². The summed E-state index contributed by atoms with van der Waals surface area (Å²) in [6.07, 6.45) is 0. The van der Waals surface area contributed by atoms with Gasteiger partial charge in [-0.1, -0.05) is 24.3 Å². The van der Waals surface area contributed by atoms with Gasteiger partial charge in [-0.05, 0) is 48.5 Å². The van der Waals surface area contributed by atoms with Gasteiger partial charge >= 0.3 is 11.9 Å². The number of carbonyl (C=O) groups is 2. The zero-order valence-corrected chi connectivity index (χ0v) is 26.1. The number of methoxy groups -OCH3 is 2. The molecule has 1 aliphatic rings. The van der Waals surface area contributed by atoms with Gasteiger partial charge in [0.05, 0.1) is 74.8 Å². The Morgan fingerprint density at radius 1 is 0.609 bits per heavy atom. The molecule has 4 aromatic rings. The van der Waals surface area contributed by atoms with E-state index in [1.54, 1.807) is 24.3 Å². The Morgan fingerprint density at radius 3 is 1.48 bits per heavy atom. The van der Waals surface area contributed by atoms with Gasteiger partial charge in [-0.25, -0.2) is 19.6 Å². The van der Waals surface area contributed by atoms with Crippen LogP contribution in [0.15, 0.2) is 72.8 Å². The van der Waals surface area contributed by atoms with Crippen LogP contribution in [0.3, 0.4) is 0 Å². The molecule has 0 amide bonds. The molecule has 12 heteroatoms. The summed E-state index contributed by atoms with van der Waals surface area (Å²) in [5.41, 5.74) is 5.44. The van der Waals surface area contributed by atoms with Crippen LogP contribution in [0.5, 0.6) is 0 Å². The third-order valence-electron chi connectivity index (χ3n) is 7.28. The lowest BCUT2D eigenvalue weighted by molar-refractivity contribution is 0.0584. The van der Waals surface area contributed by atoms with Crippen LogP contribution in [0.4, 0.5) is 0 Å². The Balaban J connectivity index is 1.38. The molecular weight excluding hydrogens is 588 g/mol. The Labute approximate surface area is 268 Å². The first kappa shape index (κ1) is 32.8. The van der Waals surface area contributed by atoms with Crippen LogP contribution in [0.25, 0.3) is 0 Å². The van der Waals surface area contributed by atoms with Crippen LogP contribution in [-0.4, -0.2) is 82.2 Å². The molecule has 0 aromatic carbocycles. The average Bonchev–Trinajstić information content (AvgIpc) is 3.08. The minimum atomic E-state index is -0.476. The first-order valence-corrected chi connectivity index (χ1v) is 15.1. The minimum Gasteiger partial charge on any atom is -0.464 e. The fraction of sp³-hybridized carbons (Fsp3) is 0.353. The van der Waals surface area contributed by atoms with Gasteiger partial charge in [-0.3, -0.25) is 19.8 Å². The van der Waals surface area contributed by atoms with E-state index in [-0.39, 0.29) is 11.4 Å². The van der Waals surface area contributed by atoms with Gasteiger partial charge in [-0.2, -0.15) is 0 Å². The highest BCUT2D eigenvalue weighted by Crippen LogP contribution is 2.14. The quantitative estimate of drug-likeness (QED) is 0.290. The molecule has 0 saturated heterocycles. The molecule has 0 fully saturated rings. The lowest BCUT2D eigenvalue weighted by atomic mass is 10.2. The van der Waals surface area contributed by atoms with Crippen molar-refractivity contribution in [2.24, 2.45) is 0 Å². The lowest BCUT2D eigenvalue weighted by Crippen LogP contribution is -2.29. The van der Waals surface area contributed by atoms with Gasteiger partial charge in [0.15, 0.2) is 0 Å². The number of nitrogens with zero attached hydrogens (tertiary/aromatic N) is 6. The number of carbonyl (C=O) groups excluding carboxylic acids is 2. The van der Waals surface area contributed by atoms with E-state index in [1.807, 2.05) is 48.5 Å². The van der Waals surface area contributed by atoms with E-state index in [0.29, 0.717) is 65.7 Å². The molecule has 4 bridgehead atoms. The molecule has 240 valence electrons. The Morgan fingerprint density at radius 2 is 1.02 bits per heavy atom. The molecule has 46 heavy (non-hydrogen) atoms. The van der Waals surface area contributed by atoms with Gasteiger partial charge < -0.3 is 18.9 Å². The maximum atomic E-state index is 12.1. The van der Waals surface area contributed by atoms with Crippen molar-refractivity contribution in [1.82, 2.24) is 29.7 Å². The molecule has 4 aromatic heterocycles. The Bertz CT molecular complexity index is 1510. The summed E-state index contributed by atoms with van der Waals surface area (Å²) < 4.78 is 21.8. The average molecular weight is 627 g/mol. The second-order valence-electron chi connectivity index (χ2n) is 10.8. The Kier molecular flexibility index (Phi) is 11.8. The topological polar surface area (TPSA) is 129 Å². The highest BCUT2D eigenvalue weighted by molar-refractivity contribution is 5.87. The first-order valence-electron chi connectivity index (χ1n) is 15.1. The fourth-order valence-electron chi connectivity index (χ4n) is 5.05. The number of fused-ring (bicyclic) bond motifs is 4. The van der Waals surface area contributed by atoms with E-state index in [1.165, 1.54) is 14.2 Å². The smallest absolute Gasteiger partial charge is 0.356 e. The maximum Gasteiger partial charge on any atom is 0.356 e. The standard InChI is InChI=1S/C34H38N6O6/c1-43-33(41)31-13-5-9-27(37-31)21-39-15-17-45-23-29-11-4-12-30(36-29)24-46-18-16-40(20-26-8-3-7-25(19-39)35-26)22-28-10-6-14-32(38-28)34(42)44-2/h3-14H,15-24H2,1-2H3. The molecule has 0 spiro atoms. The molecule has 12 nitrogen and oxygen atoms in total. The van der Waals surface area contributed by atoms with Crippen molar-refractivity contribution < 1.29 is 28.5 Å². The number of pyridine rings is 4. The van der Waals surface area contributed by atoms with E-state index < -0.39 is 11.9 Å². The number of rotatable bonds is 6. The SMILES string of the molecule is COC(=O)c1cccc(CN2CCOCc3cccc(n3)COCCN(Cc3cccc(C(=O)OC)n3)Cc3cccc(n3)C2)n1. The van der Waals surface area contributed by atoms with E-state index >= 15 is 0 Å². The molecule has 0 saturated carbocycles. The van der Waals surface area contributed by atoms with Crippen molar-refractivity contribution in [2.75, 3.05) is 40.5 Å². The maximum absolute atomic E-state index is 12.1. The van der Waals surface area contributed by atoms with Crippen molar-refractivity contribution in [3.8, 4) is 0 Å². The summed E-state index contributed by atoms with van der Waals surface area (Å²) in [6, 6.07) is 22.5. The summed E-state index contributed by atoms with van der Waals surface area (Å²) in [4.78, 5) is 47.3. The van der Waals surface area contributed by atoms with E-state index in [9.17, 15) is 9.59 Å². The lowest BCUT2D eigenvalue weighted by Gasteiger charge is -2.24. The monoisotopic (exact) mass is 626 g/mol. The predicted molar refractivity (Wildman–Crippen MR) is 167 cm³/mol. The van der Waals surface area contributed by atoms with Gasteiger partial charge in [0.2, 0.25) is 0 Å². The zero-order chi connectivity index (χ0) is 32.1. The molecule has 0 radical (unpaired) electrons. The van der Waals surface area contributed by atoms with Gasteiger partial charge in [0.1, 0.15) is 11.4 Å². The second-order valence-corrected chi connectivity index (χ2v) is 10.8. The summed E-state index contributed by atoms with van der Waals surface area (Å²) in [5.74, 6) is -0.952. The number of hydrogen-bond acceptors (Lipinski definition) is 12. The molecule has 5 heterocycles. The van der Waals surface area contributed by atoms with Gasteiger partial charge in [0, 0.05) is 39.3 Å². The largest absolute Gasteiger partial charge is 0.464 e. The summed E-state index contributed by atoms with van der Waals surface area (Å²) in [5, 5.41) is 0. The summed E-state index contributed by atoms with van der Waals surface area (Å²) >= 11 is 0. The van der Waals surface area contributed by atoms with Crippen LogP contribution >= 0.6 is 0 Å². The summed E-state index contributed by atoms with van der Waals surface area (Å²) in [6.45, 7) is 4.93. The minimum absolute atomic E-state index is 0.263. The second kappa shape index (κ2) is 16.6. The van der Waals surface area contributed by atoms with Crippen molar-refractivity contribution in [3.05, 3.63) is 118 Å². The van der Waals surface area contributed by atoms with Crippen LogP contribution in [0.1, 0.15) is 55.1 Å². The summed E-state index contributed by atoms with van der Waals surface area (Å²) in [7, 11) is 2.69. The molecule has 1 aliphatic heterocycles. The van der Waals surface area contributed by atoms with Crippen molar-refractivity contribution in [2.45, 2.75) is 39.4 Å². The van der Waals surface area contributed by atoms with Crippen LogP contribution in [0, 0.1) is 0 Å². The third kappa shape index (κ3) is 9.69. The highest BCUT2D eigenvalue weighted by Gasteiger charge is 2.16.